The third-order valence-electron chi connectivity index (χ3n) is 4.23. The zero-order valence-corrected chi connectivity index (χ0v) is 12.5. The summed E-state index contributed by atoms with van der Waals surface area (Å²) in [5.41, 5.74) is 1.11. The molecule has 0 aromatic heterocycles. The first kappa shape index (κ1) is 13.5. The van der Waals surface area contributed by atoms with Crippen LogP contribution in [-0.4, -0.2) is 12.7 Å². The molecule has 4 rings (SSSR count). The Kier molecular flexibility index (Phi) is 3.01. The zero-order valence-electron chi connectivity index (χ0n) is 11.8. The molecule has 5 heteroatoms. The maximum absolute atomic E-state index is 12.7. The van der Waals surface area contributed by atoms with Gasteiger partial charge in [-0.25, -0.2) is 0 Å². The minimum atomic E-state index is -0.486. The van der Waals surface area contributed by atoms with E-state index in [1.54, 1.807) is 12.1 Å². The van der Waals surface area contributed by atoms with Crippen molar-refractivity contribution in [3.05, 3.63) is 53.1 Å². The Hall–Kier alpha value is -2.20. The van der Waals surface area contributed by atoms with Crippen LogP contribution in [0.25, 0.3) is 0 Å². The van der Waals surface area contributed by atoms with E-state index < -0.39 is 5.41 Å². The highest BCUT2D eigenvalue weighted by Crippen LogP contribution is 2.51. The van der Waals surface area contributed by atoms with Gasteiger partial charge in [0.1, 0.15) is 0 Å². The van der Waals surface area contributed by atoms with Crippen LogP contribution in [0.1, 0.15) is 18.4 Å². The van der Waals surface area contributed by atoms with E-state index in [-0.39, 0.29) is 12.7 Å². The van der Waals surface area contributed by atoms with Crippen LogP contribution in [-0.2, 0) is 10.2 Å². The lowest BCUT2D eigenvalue weighted by Crippen LogP contribution is -2.27. The Morgan fingerprint density at radius 3 is 2.64 bits per heavy atom. The van der Waals surface area contributed by atoms with Gasteiger partial charge in [-0.1, -0.05) is 29.8 Å². The average Bonchev–Trinajstić information content (AvgIpc) is 3.21. The van der Waals surface area contributed by atoms with Gasteiger partial charge in [-0.2, -0.15) is 0 Å². The number of ether oxygens (including phenoxy) is 2. The van der Waals surface area contributed by atoms with Gasteiger partial charge in [0.2, 0.25) is 12.7 Å². The number of para-hydroxylation sites is 1. The van der Waals surface area contributed by atoms with Gasteiger partial charge in [-0.15, -0.1) is 0 Å². The van der Waals surface area contributed by atoms with Crippen molar-refractivity contribution in [2.45, 2.75) is 18.3 Å². The van der Waals surface area contributed by atoms with Gasteiger partial charge in [0.25, 0.3) is 0 Å². The molecule has 0 spiro atoms. The van der Waals surface area contributed by atoms with Gasteiger partial charge in [0, 0.05) is 0 Å². The predicted molar refractivity (Wildman–Crippen MR) is 83.6 cm³/mol. The summed E-state index contributed by atoms with van der Waals surface area (Å²) in [7, 11) is 0. The molecule has 22 heavy (non-hydrogen) atoms. The quantitative estimate of drug-likeness (QED) is 0.938. The number of benzene rings is 2. The fraction of sp³-hybridized carbons (Fsp3) is 0.235. The van der Waals surface area contributed by atoms with E-state index in [1.165, 1.54) is 0 Å². The van der Waals surface area contributed by atoms with Gasteiger partial charge >= 0.3 is 0 Å². The lowest BCUT2D eigenvalue weighted by atomic mass is 9.94. The molecule has 0 saturated heterocycles. The Morgan fingerprint density at radius 1 is 1.09 bits per heavy atom. The van der Waals surface area contributed by atoms with Crippen LogP contribution in [0.15, 0.2) is 42.5 Å². The second kappa shape index (κ2) is 4.92. The number of carbonyl (C=O) groups excluding carboxylic acids is 1. The standard InChI is InChI=1S/C17H14ClNO3/c18-12-3-1-2-4-13(12)19-16(20)17(7-8-17)11-5-6-14-15(9-11)22-10-21-14/h1-6,9H,7-8,10H2,(H,19,20). The summed E-state index contributed by atoms with van der Waals surface area (Å²) >= 11 is 6.11. The minimum absolute atomic E-state index is 0.0283. The molecule has 1 saturated carbocycles. The number of hydrogen-bond donors (Lipinski definition) is 1. The van der Waals surface area contributed by atoms with Crippen LogP contribution < -0.4 is 14.8 Å². The number of fused-ring (bicyclic) bond motifs is 1. The molecule has 1 amide bonds. The maximum Gasteiger partial charge on any atom is 0.235 e. The Labute approximate surface area is 133 Å². The SMILES string of the molecule is O=C(Nc1ccccc1Cl)C1(c2ccc3c(c2)OCO3)CC1. The molecule has 0 radical (unpaired) electrons. The summed E-state index contributed by atoms with van der Waals surface area (Å²) < 4.78 is 10.7. The normalized spacial score (nSPS) is 17.1. The topological polar surface area (TPSA) is 47.6 Å². The molecular formula is C17H14ClNO3. The summed E-state index contributed by atoms with van der Waals surface area (Å²) in [5, 5.41) is 3.48. The van der Waals surface area contributed by atoms with Crippen molar-refractivity contribution in [2.24, 2.45) is 0 Å². The van der Waals surface area contributed by atoms with Gasteiger partial charge in [0.15, 0.2) is 11.5 Å². The maximum atomic E-state index is 12.7. The highest BCUT2D eigenvalue weighted by Gasteiger charge is 2.51. The van der Waals surface area contributed by atoms with Crippen molar-refractivity contribution < 1.29 is 14.3 Å². The lowest BCUT2D eigenvalue weighted by Gasteiger charge is -2.17. The molecular weight excluding hydrogens is 302 g/mol. The van der Waals surface area contributed by atoms with Crippen molar-refractivity contribution in [3.8, 4) is 11.5 Å². The fourth-order valence-corrected chi connectivity index (χ4v) is 2.95. The van der Waals surface area contributed by atoms with Crippen LogP contribution in [0.4, 0.5) is 5.69 Å². The molecule has 1 heterocycles. The molecule has 0 atom stereocenters. The van der Waals surface area contributed by atoms with Crippen molar-refractivity contribution in [2.75, 3.05) is 12.1 Å². The first-order valence-electron chi connectivity index (χ1n) is 7.15. The van der Waals surface area contributed by atoms with E-state index in [1.807, 2.05) is 30.3 Å². The van der Waals surface area contributed by atoms with Gasteiger partial charge in [-0.05, 0) is 42.7 Å². The van der Waals surface area contributed by atoms with Crippen LogP contribution in [0.3, 0.4) is 0 Å². The van der Waals surface area contributed by atoms with E-state index in [2.05, 4.69) is 5.32 Å². The second-order valence-corrected chi connectivity index (χ2v) is 5.99. The van der Waals surface area contributed by atoms with Crippen molar-refractivity contribution in [3.63, 3.8) is 0 Å². The van der Waals surface area contributed by atoms with Gasteiger partial charge in [0.05, 0.1) is 16.1 Å². The summed E-state index contributed by atoms with van der Waals surface area (Å²) in [4.78, 5) is 12.7. The smallest absolute Gasteiger partial charge is 0.235 e. The first-order chi connectivity index (χ1) is 10.7. The lowest BCUT2D eigenvalue weighted by molar-refractivity contribution is -0.118. The minimum Gasteiger partial charge on any atom is -0.454 e. The third kappa shape index (κ3) is 2.11. The van der Waals surface area contributed by atoms with Crippen molar-refractivity contribution in [1.82, 2.24) is 0 Å². The van der Waals surface area contributed by atoms with Crippen molar-refractivity contribution >= 4 is 23.2 Å². The Balaban J connectivity index is 1.61. The van der Waals surface area contributed by atoms with Crippen molar-refractivity contribution in [1.29, 1.82) is 0 Å². The molecule has 112 valence electrons. The van der Waals surface area contributed by atoms with Crippen LogP contribution >= 0.6 is 11.6 Å². The predicted octanol–water partition coefficient (Wildman–Crippen LogP) is 3.74. The highest BCUT2D eigenvalue weighted by molar-refractivity contribution is 6.33. The third-order valence-corrected chi connectivity index (χ3v) is 4.56. The molecule has 1 aliphatic heterocycles. The molecule has 2 aliphatic rings. The molecule has 1 aliphatic carbocycles. The van der Waals surface area contributed by atoms with Gasteiger partial charge in [-0.3, -0.25) is 4.79 Å². The number of halogens is 1. The molecule has 1 fully saturated rings. The van der Waals surface area contributed by atoms with E-state index in [0.29, 0.717) is 16.5 Å². The number of hydrogen-bond acceptors (Lipinski definition) is 3. The van der Waals surface area contributed by atoms with E-state index in [9.17, 15) is 4.79 Å². The number of anilines is 1. The average molecular weight is 316 g/mol. The highest BCUT2D eigenvalue weighted by atomic mass is 35.5. The first-order valence-corrected chi connectivity index (χ1v) is 7.53. The molecule has 2 aromatic carbocycles. The summed E-state index contributed by atoms with van der Waals surface area (Å²) in [6.45, 7) is 0.234. The van der Waals surface area contributed by atoms with Crippen LogP contribution in [0.5, 0.6) is 11.5 Å². The summed E-state index contributed by atoms with van der Waals surface area (Å²) in [6.07, 6.45) is 1.64. The number of nitrogens with one attached hydrogen (secondary N) is 1. The second-order valence-electron chi connectivity index (χ2n) is 5.58. The number of rotatable bonds is 3. The molecule has 4 nitrogen and oxygen atoms in total. The van der Waals surface area contributed by atoms with E-state index in [4.69, 9.17) is 21.1 Å². The fourth-order valence-electron chi connectivity index (χ4n) is 2.77. The van der Waals surface area contributed by atoms with Crippen LogP contribution in [0.2, 0.25) is 5.02 Å². The molecule has 0 unspecified atom stereocenters. The van der Waals surface area contributed by atoms with E-state index in [0.717, 1.165) is 24.2 Å². The summed E-state index contributed by atoms with van der Waals surface area (Å²) in [5.74, 6) is 1.40. The number of amides is 1. The monoisotopic (exact) mass is 315 g/mol. The Bertz CT molecular complexity index is 755. The van der Waals surface area contributed by atoms with Gasteiger partial charge < -0.3 is 14.8 Å². The largest absolute Gasteiger partial charge is 0.454 e. The van der Waals surface area contributed by atoms with Crippen LogP contribution in [0, 0.1) is 0 Å². The zero-order chi connectivity index (χ0) is 15.2. The molecule has 1 N–H and O–H groups in total. The Morgan fingerprint density at radius 2 is 1.86 bits per heavy atom. The summed E-state index contributed by atoms with van der Waals surface area (Å²) in [6, 6.07) is 13.0. The number of carbonyl (C=O) groups is 1. The molecule has 0 bridgehead atoms. The molecule has 2 aromatic rings. The van der Waals surface area contributed by atoms with E-state index >= 15 is 0 Å².